The molecule has 2 amide bonds. The van der Waals surface area contributed by atoms with Crippen LogP contribution >= 0.6 is 0 Å². The summed E-state index contributed by atoms with van der Waals surface area (Å²) in [5.74, 6) is -0.537. The van der Waals surface area contributed by atoms with Crippen molar-refractivity contribution in [1.29, 1.82) is 0 Å². The van der Waals surface area contributed by atoms with Crippen LogP contribution in [-0.4, -0.2) is 58.9 Å². The summed E-state index contributed by atoms with van der Waals surface area (Å²) in [4.78, 5) is 43.2. The molecular formula is C37H46N2O4. The van der Waals surface area contributed by atoms with E-state index >= 15 is 0 Å². The molecule has 228 valence electrons. The van der Waals surface area contributed by atoms with Gasteiger partial charge in [-0.2, -0.15) is 0 Å². The van der Waals surface area contributed by atoms with Gasteiger partial charge in [0.1, 0.15) is 0 Å². The van der Waals surface area contributed by atoms with E-state index in [2.05, 4.69) is 56.9 Å². The summed E-state index contributed by atoms with van der Waals surface area (Å²) in [5, 5.41) is 9.34. The van der Waals surface area contributed by atoms with Crippen molar-refractivity contribution in [3.05, 3.63) is 89.0 Å². The maximum atomic E-state index is 14.7. The predicted molar refractivity (Wildman–Crippen MR) is 171 cm³/mol. The number of carbonyl (C=O) groups excluding carboxylic acids is 2. The molecule has 6 nitrogen and oxygen atoms in total. The van der Waals surface area contributed by atoms with Crippen LogP contribution in [0.2, 0.25) is 0 Å². The van der Waals surface area contributed by atoms with Gasteiger partial charge < -0.3 is 14.9 Å². The fourth-order valence-corrected chi connectivity index (χ4v) is 8.02. The van der Waals surface area contributed by atoms with Crippen molar-refractivity contribution in [2.45, 2.75) is 72.1 Å². The minimum absolute atomic E-state index is 0.0123. The summed E-state index contributed by atoms with van der Waals surface area (Å²) in [6.07, 6.45) is 8.50. The Bertz CT molecular complexity index is 1430. The molecule has 1 fully saturated rings. The van der Waals surface area contributed by atoms with Crippen molar-refractivity contribution in [2.24, 2.45) is 16.7 Å². The summed E-state index contributed by atoms with van der Waals surface area (Å²) in [6, 6.07) is 17.3. The Morgan fingerprint density at radius 3 is 2.16 bits per heavy atom. The highest BCUT2D eigenvalue weighted by Gasteiger charge is 2.51. The lowest BCUT2D eigenvalue weighted by atomic mass is 9.58. The first kappa shape index (κ1) is 30.8. The van der Waals surface area contributed by atoms with Gasteiger partial charge in [0.2, 0.25) is 11.8 Å². The number of amides is 2. The number of hydrogen-bond acceptors (Lipinski definition) is 3. The lowest BCUT2D eigenvalue weighted by Crippen LogP contribution is -2.57. The first-order valence-electron chi connectivity index (χ1n) is 15.8. The number of carbonyl (C=O) groups is 3. The van der Waals surface area contributed by atoms with Crippen LogP contribution < -0.4 is 0 Å². The summed E-state index contributed by atoms with van der Waals surface area (Å²) in [6.45, 7) is 13.3. The molecular weight excluding hydrogens is 536 g/mol. The van der Waals surface area contributed by atoms with Crippen LogP contribution in [0.15, 0.2) is 72.3 Å². The number of nitrogens with zero attached hydrogens (tertiary/aromatic N) is 2. The van der Waals surface area contributed by atoms with Crippen molar-refractivity contribution >= 4 is 23.4 Å². The Labute approximate surface area is 256 Å². The molecule has 1 N–H and O–H groups in total. The highest BCUT2D eigenvalue weighted by Crippen LogP contribution is 2.55. The van der Waals surface area contributed by atoms with Crippen molar-refractivity contribution in [3.63, 3.8) is 0 Å². The van der Waals surface area contributed by atoms with Crippen LogP contribution in [0.5, 0.6) is 0 Å². The van der Waals surface area contributed by atoms with Crippen molar-refractivity contribution in [3.8, 4) is 0 Å². The van der Waals surface area contributed by atoms with Crippen molar-refractivity contribution in [1.82, 2.24) is 9.80 Å². The van der Waals surface area contributed by atoms with E-state index in [1.165, 1.54) is 11.1 Å². The standard InChI is InChI=1S/C37H46N2O4/c1-6-10-26(2)32(40)38-23-20-37(21-24-38,29-11-8-7-9-12-29)34(43)39-22-18-31-35(3,4)30(17-19-36(31,5)25-39)27-13-15-28(16-14-27)33(41)42/h7-9,11-18,26H,6,10,19-25H2,1-5H3,(H,41,42)/t26?,36-/m1/s1. The lowest BCUT2D eigenvalue weighted by molar-refractivity contribution is -0.145. The molecule has 2 aliphatic heterocycles. The second-order valence-corrected chi connectivity index (χ2v) is 13.7. The van der Waals surface area contributed by atoms with E-state index in [-0.39, 0.29) is 34.1 Å². The number of allylic oxidation sites excluding steroid dienone is 2. The van der Waals surface area contributed by atoms with Gasteiger partial charge in [-0.15, -0.1) is 0 Å². The fraction of sp³-hybridized carbons (Fsp3) is 0.486. The largest absolute Gasteiger partial charge is 0.478 e. The number of benzene rings is 2. The van der Waals surface area contributed by atoms with Crippen molar-refractivity contribution < 1.29 is 19.5 Å². The maximum absolute atomic E-state index is 14.7. The number of hydrogen-bond donors (Lipinski definition) is 1. The zero-order valence-corrected chi connectivity index (χ0v) is 26.4. The van der Waals surface area contributed by atoms with Crippen LogP contribution in [0.3, 0.4) is 0 Å². The van der Waals surface area contributed by atoms with Gasteiger partial charge in [0.05, 0.1) is 11.0 Å². The molecule has 1 unspecified atom stereocenters. The second-order valence-electron chi connectivity index (χ2n) is 13.7. The Balaban J connectivity index is 1.40. The second kappa shape index (κ2) is 11.8. The topological polar surface area (TPSA) is 77.9 Å². The van der Waals surface area contributed by atoms with Gasteiger partial charge in [0, 0.05) is 42.9 Å². The van der Waals surface area contributed by atoms with E-state index in [0.717, 1.165) is 30.4 Å². The Morgan fingerprint density at radius 1 is 0.907 bits per heavy atom. The SMILES string of the molecule is CCCC(C)C(=O)N1CCC(C(=O)N2CC=C3C(C)(C)C(c4ccc(C(=O)O)cc4)=CC[C@]3(C)C2)(c2ccccc2)CC1. The Hall–Kier alpha value is -3.67. The molecule has 0 saturated carbocycles. The smallest absolute Gasteiger partial charge is 0.335 e. The van der Waals surface area contributed by atoms with E-state index in [1.54, 1.807) is 12.1 Å². The molecule has 2 aromatic carbocycles. The van der Waals surface area contributed by atoms with Crippen LogP contribution in [-0.2, 0) is 15.0 Å². The molecule has 6 heteroatoms. The molecule has 0 spiro atoms. The third kappa shape index (κ3) is 5.57. The van der Waals surface area contributed by atoms with Crippen LogP contribution in [0.4, 0.5) is 0 Å². The highest BCUT2D eigenvalue weighted by molar-refractivity contribution is 5.90. The number of likely N-dealkylation sites (tertiary alicyclic amines) is 1. The molecule has 1 aliphatic carbocycles. The van der Waals surface area contributed by atoms with Gasteiger partial charge in [0.25, 0.3) is 0 Å². The number of fused-ring (bicyclic) bond motifs is 1. The number of carboxylic acids is 1. The lowest BCUT2D eigenvalue weighted by Gasteiger charge is -2.52. The maximum Gasteiger partial charge on any atom is 0.335 e. The van der Waals surface area contributed by atoms with E-state index in [0.29, 0.717) is 39.0 Å². The molecule has 43 heavy (non-hydrogen) atoms. The zero-order valence-electron chi connectivity index (χ0n) is 26.4. The summed E-state index contributed by atoms with van der Waals surface area (Å²) in [7, 11) is 0. The first-order chi connectivity index (χ1) is 20.4. The molecule has 0 aromatic heterocycles. The van der Waals surface area contributed by atoms with Gasteiger partial charge in [-0.3, -0.25) is 9.59 Å². The van der Waals surface area contributed by atoms with E-state index in [1.807, 2.05) is 42.2 Å². The molecule has 0 bridgehead atoms. The van der Waals surface area contributed by atoms with E-state index in [4.69, 9.17) is 0 Å². The minimum atomic E-state index is -0.924. The van der Waals surface area contributed by atoms with Gasteiger partial charge >= 0.3 is 5.97 Å². The first-order valence-corrected chi connectivity index (χ1v) is 15.8. The van der Waals surface area contributed by atoms with Crippen LogP contribution in [0.1, 0.15) is 88.2 Å². The minimum Gasteiger partial charge on any atom is -0.478 e. The number of carboxylic acid groups (broad SMARTS) is 1. The molecule has 5 rings (SSSR count). The average molecular weight is 583 g/mol. The van der Waals surface area contributed by atoms with Gasteiger partial charge in [-0.1, -0.05) is 101 Å². The van der Waals surface area contributed by atoms with Gasteiger partial charge in [0.15, 0.2) is 0 Å². The zero-order chi connectivity index (χ0) is 31.0. The third-order valence-corrected chi connectivity index (χ3v) is 10.3. The molecule has 2 heterocycles. The number of piperidine rings is 1. The quantitative estimate of drug-likeness (QED) is 0.358. The number of aromatic carboxylic acids is 1. The molecule has 2 aromatic rings. The molecule has 0 radical (unpaired) electrons. The molecule has 2 atom stereocenters. The summed E-state index contributed by atoms with van der Waals surface area (Å²) in [5.41, 5.74) is 3.79. The average Bonchev–Trinajstić information content (AvgIpc) is 3.00. The highest BCUT2D eigenvalue weighted by atomic mass is 16.4. The third-order valence-electron chi connectivity index (χ3n) is 10.3. The normalized spacial score (nSPS) is 23.5. The molecule has 3 aliphatic rings. The van der Waals surface area contributed by atoms with Crippen molar-refractivity contribution in [2.75, 3.05) is 26.2 Å². The van der Waals surface area contributed by atoms with E-state index < -0.39 is 11.4 Å². The fourth-order valence-electron chi connectivity index (χ4n) is 8.02. The summed E-state index contributed by atoms with van der Waals surface area (Å²) < 4.78 is 0. The molecule has 1 saturated heterocycles. The Kier molecular flexibility index (Phi) is 8.43. The van der Waals surface area contributed by atoms with Crippen LogP contribution in [0.25, 0.3) is 5.57 Å². The van der Waals surface area contributed by atoms with E-state index in [9.17, 15) is 19.5 Å². The van der Waals surface area contributed by atoms with Gasteiger partial charge in [-0.05, 0) is 54.5 Å². The monoisotopic (exact) mass is 582 g/mol. The summed E-state index contributed by atoms with van der Waals surface area (Å²) >= 11 is 0. The van der Waals surface area contributed by atoms with Crippen LogP contribution in [0, 0.1) is 16.7 Å². The van der Waals surface area contributed by atoms with Gasteiger partial charge in [-0.25, -0.2) is 4.79 Å². The Morgan fingerprint density at radius 2 is 1.56 bits per heavy atom. The number of rotatable bonds is 7. The predicted octanol–water partition coefficient (Wildman–Crippen LogP) is 6.97.